The molecule has 0 radical (unpaired) electrons. The van der Waals surface area contributed by atoms with Crippen molar-refractivity contribution < 1.29 is 19.1 Å². The number of ether oxygens (including phenoxy) is 2. The van der Waals surface area contributed by atoms with Crippen molar-refractivity contribution in [2.45, 2.75) is 128 Å². The Kier molecular flexibility index (Phi) is 9.01. The number of carbonyl (C=O) groups excluding carboxylic acids is 2. The third kappa shape index (κ3) is 6.96. The number of aromatic amines is 2. The zero-order valence-electron chi connectivity index (χ0n) is 33.5. The average Bonchev–Trinajstić information content (AvgIpc) is 3.99. The minimum absolute atomic E-state index is 0.108. The van der Waals surface area contributed by atoms with Gasteiger partial charge in [-0.05, 0) is 131 Å². The third-order valence-electron chi connectivity index (χ3n) is 12.4. The van der Waals surface area contributed by atoms with Crippen LogP contribution in [0.2, 0.25) is 0 Å². The summed E-state index contributed by atoms with van der Waals surface area (Å²) < 4.78 is 11.7. The lowest BCUT2D eigenvalue weighted by molar-refractivity contribution is 0.0120. The predicted molar refractivity (Wildman–Crippen MR) is 218 cm³/mol. The van der Waals surface area contributed by atoms with Gasteiger partial charge in [-0.2, -0.15) is 0 Å². The monoisotopic (exact) mass is 754 g/mol. The molecule has 2 aliphatic carbocycles. The first-order chi connectivity index (χ1) is 26.8. The summed E-state index contributed by atoms with van der Waals surface area (Å²) in [4.78, 5) is 47.5. The van der Waals surface area contributed by atoms with Gasteiger partial charge in [0.2, 0.25) is 0 Å². The Morgan fingerprint density at radius 2 is 1.02 bits per heavy atom. The van der Waals surface area contributed by atoms with Crippen LogP contribution in [0.5, 0.6) is 0 Å². The van der Waals surface area contributed by atoms with E-state index in [2.05, 4.69) is 70.6 Å². The number of amides is 2. The second-order valence-electron chi connectivity index (χ2n) is 18.5. The van der Waals surface area contributed by atoms with E-state index >= 15 is 0 Å². The number of H-pyrrole nitrogens is 2. The van der Waals surface area contributed by atoms with E-state index in [4.69, 9.17) is 19.4 Å². The standard InChI is InChI=1S/C46H54N6O4/c1-45(2,3)55-43(53)51-37-11-7-9-33(37)23-39(51)41-47-25-35(49-41)28-15-13-27(14-16-28)29-17-18-31-22-32(20-19-30(31)21-29)36-26-48-42(50-36)40-24-34-10-8-12-38(34)52(40)44(54)56-46(4,5)6/h13-22,25-26,33-34,37-40H,7-12,23-24H2,1-6H3,(H,47,49)(H,48,50)/t33?,34-,37?,38-,39?,40-/m0/s1. The SMILES string of the molecule is CC(C)(C)OC(=O)N1C(c2ncc(-c3ccc(-c4ccc5cc(-c6cnc([C@@H]7C[C@@H]8CCC[C@@H]8N7C(=O)OC(C)(C)C)[nH]6)ccc5c4)cc3)[nH]2)CC2CCCC21. The maximum Gasteiger partial charge on any atom is 0.411 e. The molecular weight excluding hydrogens is 701 g/mol. The van der Waals surface area contributed by atoms with E-state index in [0.717, 1.165) is 107 Å². The van der Waals surface area contributed by atoms with Gasteiger partial charge in [0.05, 0.1) is 35.9 Å². The summed E-state index contributed by atoms with van der Waals surface area (Å²) in [6, 6.07) is 21.9. The summed E-state index contributed by atoms with van der Waals surface area (Å²) in [6.45, 7) is 11.5. The lowest BCUT2D eigenvalue weighted by Gasteiger charge is -2.31. The smallest absolute Gasteiger partial charge is 0.411 e. The zero-order valence-corrected chi connectivity index (χ0v) is 33.5. The van der Waals surface area contributed by atoms with Gasteiger partial charge < -0.3 is 19.4 Å². The van der Waals surface area contributed by atoms with Gasteiger partial charge in [0.25, 0.3) is 0 Å². The molecule has 4 aliphatic rings. The Balaban J connectivity index is 0.900. The van der Waals surface area contributed by atoms with E-state index in [1.165, 1.54) is 0 Å². The van der Waals surface area contributed by atoms with Crippen molar-refractivity contribution in [3.63, 3.8) is 0 Å². The third-order valence-corrected chi connectivity index (χ3v) is 12.4. The number of likely N-dealkylation sites (tertiary alicyclic amines) is 2. The van der Waals surface area contributed by atoms with Crippen LogP contribution in [0.4, 0.5) is 9.59 Å². The van der Waals surface area contributed by atoms with Gasteiger partial charge in [-0.3, -0.25) is 9.80 Å². The predicted octanol–water partition coefficient (Wildman–Crippen LogP) is 11.0. The van der Waals surface area contributed by atoms with Crippen LogP contribution in [0, 0.1) is 11.8 Å². The second kappa shape index (κ2) is 13.8. The molecule has 6 atom stereocenters. The van der Waals surface area contributed by atoms with Crippen LogP contribution in [0.1, 0.15) is 117 Å². The number of hydrogen-bond donors (Lipinski definition) is 2. The first-order valence-corrected chi connectivity index (χ1v) is 20.6. The molecule has 4 heterocycles. The van der Waals surface area contributed by atoms with Gasteiger partial charge in [-0.1, -0.05) is 61.4 Å². The maximum absolute atomic E-state index is 13.4. The lowest BCUT2D eigenvalue weighted by Crippen LogP contribution is -2.41. The molecule has 3 aromatic carbocycles. The summed E-state index contributed by atoms with van der Waals surface area (Å²) in [6.07, 6.45) is 11.8. The quantitative estimate of drug-likeness (QED) is 0.184. The molecule has 292 valence electrons. The van der Waals surface area contributed by atoms with Crippen LogP contribution in [0.15, 0.2) is 73.1 Å². The fourth-order valence-electron chi connectivity index (χ4n) is 9.96. The van der Waals surface area contributed by atoms with Crippen molar-refractivity contribution >= 4 is 23.0 Å². The van der Waals surface area contributed by atoms with Gasteiger partial charge in [-0.25, -0.2) is 19.6 Å². The van der Waals surface area contributed by atoms with Crippen LogP contribution >= 0.6 is 0 Å². The van der Waals surface area contributed by atoms with Crippen LogP contribution in [0.3, 0.4) is 0 Å². The number of rotatable bonds is 5. The maximum atomic E-state index is 13.4. The number of nitrogens with one attached hydrogen (secondary N) is 2. The molecule has 2 saturated carbocycles. The van der Waals surface area contributed by atoms with Crippen molar-refractivity contribution in [1.29, 1.82) is 0 Å². The summed E-state index contributed by atoms with van der Waals surface area (Å²) in [5.74, 6) is 2.64. The van der Waals surface area contributed by atoms with Crippen LogP contribution in [-0.2, 0) is 9.47 Å². The van der Waals surface area contributed by atoms with Crippen LogP contribution in [0.25, 0.3) is 44.4 Å². The molecule has 10 nitrogen and oxygen atoms in total. The van der Waals surface area contributed by atoms with E-state index in [1.807, 2.05) is 63.7 Å². The number of fused-ring (bicyclic) bond motifs is 3. The van der Waals surface area contributed by atoms with E-state index in [1.54, 1.807) is 0 Å². The van der Waals surface area contributed by atoms with E-state index in [-0.39, 0.29) is 36.4 Å². The molecular formula is C46H54N6O4. The molecule has 2 aliphatic heterocycles. The minimum Gasteiger partial charge on any atom is -0.444 e. The number of carbonyl (C=O) groups is 2. The highest BCUT2D eigenvalue weighted by Gasteiger charge is 2.50. The van der Waals surface area contributed by atoms with Crippen molar-refractivity contribution in [2.75, 3.05) is 0 Å². The average molecular weight is 755 g/mol. The fraction of sp³-hybridized carbons (Fsp3) is 0.478. The minimum atomic E-state index is -0.546. The van der Waals surface area contributed by atoms with Gasteiger partial charge in [-0.15, -0.1) is 0 Å². The van der Waals surface area contributed by atoms with E-state index in [0.29, 0.717) is 11.8 Å². The highest BCUT2D eigenvalue weighted by Crippen LogP contribution is 2.49. The highest BCUT2D eigenvalue weighted by atomic mass is 16.6. The molecule has 56 heavy (non-hydrogen) atoms. The summed E-state index contributed by atoms with van der Waals surface area (Å²) in [7, 11) is 0. The molecule has 2 amide bonds. The topological polar surface area (TPSA) is 116 Å². The molecule has 0 spiro atoms. The van der Waals surface area contributed by atoms with Crippen molar-refractivity contribution in [3.8, 4) is 33.6 Å². The molecule has 2 aromatic heterocycles. The Morgan fingerprint density at radius 1 is 0.589 bits per heavy atom. The molecule has 9 rings (SSSR count). The fourth-order valence-corrected chi connectivity index (χ4v) is 9.96. The van der Waals surface area contributed by atoms with Crippen molar-refractivity contribution in [2.24, 2.45) is 11.8 Å². The largest absolute Gasteiger partial charge is 0.444 e. The molecule has 2 N–H and O–H groups in total. The molecule has 3 unspecified atom stereocenters. The van der Waals surface area contributed by atoms with Crippen molar-refractivity contribution in [3.05, 3.63) is 84.7 Å². The van der Waals surface area contributed by atoms with Crippen LogP contribution < -0.4 is 0 Å². The summed E-state index contributed by atoms with van der Waals surface area (Å²) >= 11 is 0. The van der Waals surface area contributed by atoms with Gasteiger partial charge >= 0.3 is 12.2 Å². The Labute approximate surface area is 329 Å². The molecule has 5 aromatic rings. The highest BCUT2D eigenvalue weighted by molar-refractivity contribution is 5.90. The number of imidazole rings is 2. The Hall–Kier alpha value is -5.12. The lowest BCUT2D eigenvalue weighted by atomic mass is 9.98. The molecule has 4 fully saturated rings. The van der Waals surface area contributed by atoms with Gasteiger partial charge in [0, 0.05) is 17.6 Å². The second-order valence-corrected chi connectivity index (χ2v) is 18.5. The first kappa shape index (κ1) is 36.5. The molecule has 10 heteroatoms. The van der Waals surface area contributed by atoms with Crippen LogP contribution in [-0.4, -0.2) is 65.2 Å². The summed E-state index contributed by atoms with van der Waals surface area (Å²) in [5.41, 5.74) is 5.18. The number of hydrogen-bond acceptors (Lipinski definition) is 6. The first-order valence-electron chi connectivity index (χ1n) is 20.6. The van der Waals surface area contributed by atoms with Gasteiger partial charge in [0.1, 0.15) is 22.9 Å². The van der Waals surface area contributed by atoms with Crippen molar-refractivity contribution in [1.82, 2.24) is 29.7 Å². The molecule has 2 saturated heterocycles. The molecule has 0 bridgehead atoms. The summed E-state index contributed by atoms with van der Waals surface area (Å²) in [5, 5.41) is 2.30. The zero-order chi connectivity index (χ0) is 38.9. The Morgan fingerprint density at radius 3 is 1.52 bits per heavy atom. The number of aromatic nitrogens is 4. The number of nitrogens with zero attached hydrogens (tertiary/aromatic N) is 4. The van der Waals surface area contributed by atoms with E-state index < -0.39 is 11.2 Å². The van der Waals surface area contributed by atoms with Gasteiger partial charge in [0.15, 0.2) is 0 Å². The van der Waals surface area contributed by atoms with E-state index in [9.17, 15) is 9.59 Å². The normalized spacial score (nSPS) is 24.8. The number of benzene rings is 3. The Bertz CT molecular complexity index is 2260.